The monoisotopic (exact) mass is 351 g/mol. The molecule has 1 aliphatic rings. The highest BCUT2D eigenvalue weighted by Gasteiger charge is 2.22. The molecule has 2 atom stereocenters. The molecule has 1 aromatic carbocycles. The molecule has 0 radical (unpaired) electrons. The van der Waals surface area contributed by atoms with Gasteiger partial charge < -0.3 is 10.6 Å². The standard InChI is InChI=1S/C14H19Cl2N3O.ClH/c1-9-6-19(7-10(2)17-9)8-13(20)18-14-11(15)4-3-5-12(14)16;/h3-5,9-10,17H,6-8H2,1-2H3,(H,18,20);1H. The van der Waals surface area contributed by atoms with Gasteiger partial charge in [0.2, 0.25) is 5.91 Å². The Morgan fingerprint density at radius 2 is 1.81 bits per heavy atom. The van der Waals surface area contributed by atoms with E-state index in [2.05, 4.69) is 29.4 Å². The Hall–Kier alpha value is -0.520. The van der Waals surface area contributed by atoms with Gasteiger partial charge in [-0.1, -0.05) is 29.3 Å². The second-order valence-corrected chi connectivity index (χ2v) is 6.12. The maximum Gasteiger partial charge on any atom is 0.238 e. The van der Waals surface area contributed by atoms with Crippen LogP contribution in [0.3, 0.4) is 0 Å². The van der Waals surface area contributed by atoms with Crippen LogP contribution in [0.25, 0.3) is 0 Å². The van der Waals surface area contributed by atoms with Crippen molar-refractivity contribution in [2.45, 2.75) is 25.9 Å². The zero-order valence-electron chi connectivity index (χ0n) is 12.0. The lowest BCUT2D eigenvalue weighted by atomic mass is 10.1. The van der Waals surface area contributed by atoms with Crippen molar-refractivity contribution in [2.75, 3.05) is 25.0 Å². The van der Waals surface area contributed by atoms with Gasteiger partial charge in [0.05, 0.1) is 22.3 Å². The zero-order valence-corrected chi connectivity index (χ0v) is 14.4. The summed E-state index contributed by atoms with van der Waals surface area (Å²) < 4.78 is 0. The molecule has 0 aromatic heterocycles. The first-order valence-corrected chi connectivity index (χ1v) is 7.43. The van der Waals surface area contributed by atoms with Crippen LogP contribution in [0.4, 0.5) is 5.69 Å². The lowest BCUT2D eigenvalue weighted by Crippen LogP contribution is -2.55. The van der Waals surface area contributed by atoms with E-state index in [4.69, 9.17) is 23.2 Å². The van der Waals surface area contributed by atoms with E-state index < -0.39 is 0 Å². The molecule has 1 amide bonds. The minimum Gasteiger partial charge on any atom is -0.322 e. The number of nitrogens with one attached hydrogen (secondary N) is 2. The first kappa shape index (κ1) is 18.5. The van der Waals surface area contributed by atoms with Gasteiger partial charge in [-0.05, 0) is 26.0 Å². The minimum absolute atomic E-state index is 0. The molecular formula is C14H20Cl3N3O. The number of carbonyl (C=O) groups is 1. The molecule has 21 heavy (non-hydrogen) atoms. The minimum atomic E-state index is -0.0960. The highest BCUT2D eigenvalue weighted by molar-refractivity contribution is 6.39. The summed E-state index contributed by atoms with van der Waals surface area (Å²) >= 11 is 12.1. The topological polar surface area (TPSA) is 44.4 Å². The average Bonchev–Trinajstić information content (AvgIpc) is 2.32. The van der Waals surface area contributed by atoms with Crippen LogP contribution in [-0.2, 0) is 4.79 Å². The van der Waals surface area contributed by atoms with Crippen LogP contribution in [0.15, 0.2) is 18.2 Å². The van der Waals surface area contributed by atoms with Crippen molar-refractivity contribution in [3.05, 3.63) is 28.2 Å². The summed E-state index contributed by atoms with van der Waals surface area (Å²) in [6, 6.07) is 5.93. The van der Waals surface area contributed by atoms with Gasteiger partial charge in [-0.15, -0.1) is 12.4 Å². The van der Waals surface area contributed by atoms with Gasteiger partial charge in [0.1, 0.15) is 0 Å². The van der Waals surface area contributed by atoms with Crippen LogP contribution < -0.4 is 10.6 Å². The first-order chi connectivity index (χ1) is 9.45. The smallest absolute Gasteiger partial charge is 0.238 e. The molecule has 1 fully saturated rings. The summed E-state index contributed by atoms with van der Waals surface area (Å²) in [7, 11) is 0. The lowest BCUT2D eigenvalue weighted by molar-refractivity contribution is -0.117. The predicted octanol–water partition coefficient (Wildman–Crippen LogP) is 3.04. The van der Waals surface area contributed by atoms with E-state index >= 15 is 0 Å². The van der Waals surface area contributed by atoms with Gasteiger partial charge in [0.25, 0.3) is 0 Å². The Labute approximate surface area is 141 Å². The van der Waals surface area contributed by atoms with Gasteiger partial charge >= 0.3 is 0 Å². The number of carbonyl (C=O) groups excluding carboxylic acids is 1. The van der Waals surface area contributed by atoms with Crippen LogP contribution in [0.5, 0.6) is 0 Å². The van der Waals surface area contributed by atoms with Crippen LogP contribution >= 0.6 is 35.6 Å². The van der Waals surface area contributed by atoms with Crippen LogP contribution in [0.2, 0.25) is 10.0 Å². The van der Waals surface area contributed by atoms with Gasteiger partial charge in [-0.2, -0.15) is 0 Å². The Balaban J connectivity index is 0.00000220. The van der Waals surface area contributed by atoms with Gasteiger partial charge in [-0.25, -0.2) is 0 Å². The van der Waals surface area contributed by atoms with E-state index in [-0.39, 0.29) is 18.3 Å². The van der Waals surface area contributed by atoms with Gasteiger partial charge in [-0.3, -0.25) is 9.69 Å². The van der Waals surface area contributed by atoms with Crippen molar-refractivity contribution < 1.29 is 4.79 Å². The van der Waals surface area contributed by atoms with Crippen molar-refractivity contribution in [1.82, 2.24) is 10.2 Å². The fourth-order valence-electron chi connectivity index (χ4n) is 2.57. The summed E-state index contributed by atoms with van der Waals surface area (Å²) in [6.45, 7) is 6.29. The zero-order chi connectivity index (χ0) is 14.7. The SMILES string of the molecule is CC1CN(CC(=O)Nc2c(Cl)cccc2Cl)CC(C)N1.Cl. The molecule has 1 aliphatic heterocycles. The highest BCUT2D eigenvalue weighted by Crippen LogP contribution is 2.29. The van der Waals surface area contributed by atoms with Gasteiger partial charge in [0.15, 0.2) is 0 Å². The summed E-state index contributed by atoms with van der Waals surface area (Å²) in [5.41, 5.74) is 0.483. The molecule has 0 aliphatic carbocycles. The number of amides is 1. The summed E-state index contributed by atoms with van der Waals surface area (Å²) in [6.07, 6.45) is 0. The van der Waals surface area contributed by atoms with Crippen molar-refractivity contribution in [3.8, 4) is 0 Å². The largest absolute Gasteiger partial charge is 0.322 e. The molecule has 2 N–H and O–H groups in total. The number of benzene rings is 1. The number of hydrogen-bond donors (Lipinski definition) is 2. The Kier molecular flexibility index (Phi) is 7.24. The number of anilines is 1. The third-order valence-electron chi connectivity index (χ3n) is 3.23. The van der Waals surface area contributed by atoms with Crippen molar-refractivity contribution >= 4 is 47.2 Å². The number of halogens is 3. The van der Waals surface area contributed by atoms with Crippen LogP contribution in [0.1, 0.15) is 13.8 Å². The molecule has 1 aromatic rings. The van der Waals surface area contributed by atoms with E-state index in [9.17, 15) is 4.79 Å². The predicted molar refractivity (Wildman–Crippen MR) is 90.8 cm³/mol. The fourth-order valence-corrected chi connectivity index (χ4v) is 3.06. The summed E-state index contributed by atoms with van der Waals surface area (Å²) in [5.74, 6) is -0.0960. The van der Waals surface area contributed by atoms with Crippen LogP contribution in [-0.4, -0.2) is 42.5 Å². The Morgan fingerprint density at radius 1 is 1.29 bits per heavy atom. The lowest BCUT2D eigenvalue weighted by Gasteiger charge is -2.35. The summed E-state index contributed by atoms with van der Waals surface area (Å²) in [4.78, 5) is 14.2. The quantitative estimate of drug-likeness (QED) is 0.879. The second kappa shape index (κ2) is 8.20. The number of piperazine rings is 1. The molecule has 118 valence electrons. The van der Waals surface area contributed by atoms with Crippen molar-refractivity contribution in [2.24, 2.45) is 0 Å². The first-order valence-electron chi connectivity index (χ1n) is 6.68. The van der Waals surface area contributed by atoms with E-state index in [1.165, 1.54) is 0 Å². The molecule has 0 bridgehead atoms. The molecule has 2 rings (SSSR count). The van der Waals surface area contributed by atoms with E-state index in [0.29, 0.717) is 34.4 Å². The summed E-state index contributed by atoms with van der Waals surface area (Å²) in [5, 5.41) is 7.13. The third-order valence-corrected chi connectivity index (χ3v) is 3.86. The number of rotatable bonds is 3. The third kappa shape index (κ3) is 5.31. The molecular weight excluding hydrogens is 333 g/mol. The van der Waals surface area contributed by atoms with Crippen LogP contribution in [0, 0.1) is 0 Å². The maximum atomic E-state index is 12.1. The number of hydrogen-bond acceptors (Lipinski definition) is 3. The Bertz CT molecular complexity index is 468. The van der Waals surface area contributed by atoms with E-state index in [1.807, 2.05) is 0 Å². The molecule has 1 saturated heterocycles. The molecule has 2 unspecified atom stereocenters. The highest BCUT2D eigenvalue weighted by atomic mass is 35.5. The number of para-hydroxylation sites is 1. The van der Waals surface area contributed by atoms with E-state index in [1.54, 1.807) is 18.2 Å². The number of nitrogens with zero attached hydrogens (tertiary/aromatic N) is 1. The average molecular weight is 353 g/mol. The Morgan fingerprint density at radius 3 is 2.33 bits per heavy atom. The molecule has 7 heteroatoms. The van der Waals surface area contributed by atoms with Gasteiger partial charge in [0, 0.05) is 25.2 Å². The normalized spacial score (nSPS) is 22.5. The molecule has 4 nitrogen and oxygen atoms in total. The molecule has 0 saturated carbocycles. The second-order valence-electron chi connectivity index (χ2n) is 5.31. The molecule has 0 spiro atoms. The van der Waals surface area contributed by atoms with Crippen molar-refractivity contribution in [1.29, 1.82) is 0 Å². The van der Waals surface area contributed by atoms with Crippen molar-refractivity contribution in [3.63, 3.8) is 0 Å². The maximum absolute atomic E-state index is 12.1. The fraction of sp³-hybridized carbons (Fsp3) is 0.500. The molecule has 1 heterocycles. The van der Waals surface area contributed by atoms with E-state index in [0.717, 1.165) is 13.1 Å².